The molecule has 8 aromatic carbocycles. The smallest absolute Gasteiger partial charge is 0.297 e. The first kappa shape index (κ1) is 54.0. The van der Waals surface area contributed by atoms with Crippen molar-refractivity contribution in [1.29, 1.82) is 0 Å². The number of anilines is 9. The van der Waals surface area contributed by atoms with Crippen LogP contribution >= 0.6 is 0 Å². The minimum Gasteiger partial charge on any atom is -0.468 e. The zero-order valence-electron chi connectivity index (χ0n) is 51.8. The molecule has 13 rings (SSSR count). The normalized spacial score (nSPS) is 17.4. The van der Waals surface area contributed by atoms with E-state index in [0.29, 0.717) is 0 Å². The molecule has 1 aromatic heterocycles. The molecule has 0 unspecified atom stereocenters. The Labute approximate surface area is 490 Å². The standard InChI is InChI=1S/C77H84BN3O/c1-71(2,3)49-27-33-55(34-28-49)80-64-47-61-60(74(9,10)40-41-75(61,11)12)46-63(64)78-68-65(80)43-57(79(53-25-21-18-22-26-53)54-37-31-52(32-38-54)77(15,16)51-23-19-17-20-24-51)44-66(68)81(56-35-29-50(30-36-56)72(4,5)6)69-58-45-59-62(48-67(58)82-70(69)78)76(13,14)42-39-73(59,7)8/h17-38,43-48H,39-42H2,1-16H3. The lowest BCUT2D eigenvalue weighted by Crippen LogP contribution is -2.61. The van der Waals surface area contributed by atoms with Gasteiger partial charge < -0.3 is 19.1 Å². The van der Waals surface area contributed by atoms with E-state index in [4.69, 9.17) is 4.42 Å². The van der Waals surface area contributed by atoms with Gasteiger partial charge in [-0.2, -0.15) is 0 Å². The number of nitrogens with zero attached hydrogens (tertiary/aromatic N) is 3. The maximum Gasteiger partial charge on any atom is 0.297 e. The van der Waals surface area contributed by atoms with Gasteiger partial charge in [-0.25, -0.2) is 0 Å². The van der Waals surface area contributed by atoms with Gasteiger partial charge in [0.2, 0.25) is 0 Å². The Morgan fingerprint density at radius 1 is 0.415 bits per heavy atom. The monoisotopic (exact) mass is 1080 g/mol. The predicted octanol–water partition coefficient (Wildman–Crippen LogP) is 19.6. The van der Waals surface area contributed by atoms with Crippen LogP contribution in [0.5, 0.6) is 0 Å². The van der Waals surface area contributed by atoms with E-state index in [1.165, 1.54) is 66.5 Å². The molecule has 0 bridgehead atoms. The predicted molar refractivity (Wildman–Crippen MR) is 351 cm³/mol. The van der Waals surface area contributed by atoms with Crippen LogP contribution in [0.25, 0.3) is 11.0 Å². The van der Waals surface area contributed by atoms with Crippen molar-refractivity contribution in [3.63, 3.8) is 0 Å². The Bertz CT molecular complexity index is 3960. The van der Waals surface area contributed by atoms with E-state index in [1.807, 2.05) is 0 Å². The maximum absolute atomic E-state index is 7.80. The van der Waals surface area contributed by atoms with Gasteiger partial charge in [0, 0.05) is 50.6 Å². The summed E-state index contributed by atoms with van der Waals surface area (Å²) in [6.45, 7) is 38.0. The molecule has 0 N–H and O–H groups in total. The molecule has 2 aliphatic heterocycles. The SMILES string of the molecule is CC(C)(C)c1ccc(N2c3cc4c(cc3B3c5oc6cc7c(cc6c5N(c5ccc(C(C)(C)C)cc5)c5cc(N(c6ccccc6)c6ccc(C(C)(C)c8ccccc8)cc6)cc2c53)C(C)(C)CCC7(C)C)C(C)(C)CCC4(C)C)cc1. The molecule has 4 nitrogen and oxygen atoms in total. The lowest BCUT2D eigenvalue weighted by atomic mass is 9.35. The average Bonchev–Trinajstić information content (AvgIpc) is 3.27. The first-order valence-corrected chi connectivity index (χ1v) is 30.5. The summed E-state index contributed by atoms with van der Waals surface area (Å²) < 4.78 is 7.80. The lowest BCUT2D eigenvalue weighted by Gasteiger charge is -2.47. The molecular formula is C77H84BN3O. The topological polar surface area (TPSA) is 22.9 Å². The zero-order valence-corrected chi connectivity index (χ0v) is 51.8. The fraction of sp³-hybridized carbons (Fsp3) is 0.351. The quantitative estimate of drug-likeness (QED) is 0.148. The van der Waals surface area contributed by atoms with Crippen molar-refractivity contribution < 1.29 is 4.42 Å². The van der Waals surface area contributed by atoms with E-state index in [2.05, 4.69) is 295 Å². The summed E-state index contributed by atoms with van der Waals surface area (Å²) in [4.78, 5) is 7.72. The number of benzene rings is 8. The van der Waals surface area contributed by atoms with Crippen LogP contribution in [0.4, 0.5) is 51.2 Å². The van der Waals surface area contributed by atoms with Crippen LogP contribution in [0.3, 0.4) is 0 Å². The third kappa shape index (κ3) is 8.60. The first-order valence-electron chi connectivity index (χ1n) is 30.5. The molecule has 5 heteroatoms. The zero-order chi connectivity index (χ0) is 57.8. The van der Waals surface area contributed by atoms with Crippen molar-refractivity contribution in [3.05, 3.63) is 214 Å². The van der Waals surface area contributed by atoms with Crippen LogP contribution in [0.15, 0.2) is 174 Å². The highest BCUT2D eigenvalue weighted by Crippen LogP contribution is 2.55. The van der Waals surface area contributed by atoms with Crippen LogP contribution in [0.1, 0.15) is 181 Å². The van der Waals surface area contributed by atoms with Gasteiger partial charge in [-0.3, -0.25) is 0 Å². The summed E-state index contributed by atoms with van der Waals surface area (Å²) in [5, 5.41) is 1.18. The van der Waals surface area contributed by atoms with E-state index in [9.17, 15) is 0 Å². The Balaban J connectivity index is 1.16. The Kier molecular flexibility index (Phi) is 12.1. The van der Waals surface area contributed by atoms with Crippen LogP contribution in [-0.4, -0.2) is 6.71 Å². The highest BCUT2D eigenvalue weighted by Gasteiger charge is 2.50. The second-order valence-electron chi connectivity index (χ2n) is 30.0. The summed E-state index contributed by atoms with van der Waals surface area (Å²) in [6.07, 6.45) is 4.52. The van der Waals surface area contributed by atoms with E-state index < -0.39 is 0 Å². The number of furan rings is 1. The summed E-state index contributed by atoms with van der Waals surface area (Å²) in [5.41, 5.74) is 25.4. The largest absolute Gasteiger partial charge is 0.468 e. The summed E-state index contributed by atoms with van der Waals surface area (Å²) in [5.74, 6) is 0. The number of para-hydroxylation sites is 1. The van der Waals surface area contributed by atoms with Gasteiger partial charge >= 0.3 is 0 Å². The summed E-state index contributed by atoms with van der Waals surface area (Å²) >= 11 is 0. The highest BCUT2D eigenvalue weighted by atomic mass is 16.3. The highest BCUT2D eigenvalue weighted by molar-refractivity contribution is 7.00. The van der Waals surface area contributed by atoms with Gasteiger partial charge in [0.05, 0.1) is 17.0 Å². The number of hydrogen-bond acceptors (Lipinski definition) is 4. The molecular weight excluding hydrogens is 994 g/mol. The fourth-order valence-electron chi connectivity index (χ4n) is 14.6. The molecule has 9 aromatic rings. The molecule has 2 aliphatic carbocycles. The number of fused-ring (bicyclic) bond motifs is 8. The Morgan fingerprint density at radius 2 is 0.841 bits per heavy atom. The Hall–Kier alpha value is -7.24. The molecule has 416 valence electrons. The third-order valence-electron chi connectivity index (χ3n) is 20.2. The third-order valence-corrected chi connectivity index (χ3v) is 20.2. The van der Waals surface area contributed by atoms with Crippen molar-refractivity contribution in [2.45, 2.75) is 174 Å². The van der Waals surface area contributed by atoms with Crippen molar-refractivity contribution >= 4 is 85.5 Å². The van der Waals surface area contributed by atoms with Crippen molar-refractivity contribution in [2.24, 2.45) is 0 Å². The maximum atomic E-state index is 7.80. The molecule has 3 heterocycles. The van der Waals surface area contributed by atoms with Crippen molar-refractivity contribution in [1.82, 2.24) is 0 Å². The Morgan fingerprint density at radius 3 is 1.37 bits per heavy atom. The number of hydrogen-bond donors (Lipinski definition) is 0. The van der Waals surface area contributed by atoms with E-state index >= 15 is 0 Å². The van der Waals surface area contributed by atoms with Crippen molar-refractivity contribution in [2.75, 3.05) is 14.7 Å². The van der Waals surface area contributed by atoms with E-state index in [0.717, 1.165) is 82.4 Å². The molecule has 0 saturated heterocycles. The molecule has 0 saturated carbocycles. The first-order chi connectivity index (χ1) is 38.6. The van der Waals surface area contributed by atoms with Gasteiger partial charge in [0.1, 0.15) is 5.58 Å². The molecule has 0 atom stereocenters. The van der Waals surface area contributed by atoms with E-state index in [1.54, 1.807) is 0 Å². The minimum atomic E-state index is -0.208. The molecule has 0 spiro atoms. The lowest BCUT2D eigenvalue weighted by molar-refractivity contribution is 0.332. The van der Waals surface area contributed by atoms with Crippen LogP contribution < -0.4 is 31.3 Å². The summed E-state index contributed by atoms with van der Waals surface area (Å²) in [7, 11) is 0. The van der Waals surface area contributed by atoms with Gasteiger partial charge in [0.15, 0.2) is 0 Å². The molecule has 0 radical (unpaired) electrons. The second kappa shape index (κ2) is 18.4. The van der Waals surface area contributed by atoms with Gasteiger partial charge in [0.25, 0.3) is 6.71 Å². The minimum absolute atomic E-state index is 0.00470. The molecule has 0 fully saturated rings. The fourth-order valence-corrected chi connectivity index (χ4v) is 14.6. The molecule has 0 amide bonds. The second-order valence-corrected chi connectivity index (χ2v) is 30.0. The van der Waals surface area contributed by atoms with Crippen LogP contribution in [0, 0.1) is 0 Å². The molecule has 82 heavy (non-hydrogen) atoms. The van der Waals surface area contributed by atoms with Gasteiger partial charge in [-0.1, -0.05) is 202 Å². The van der Waals surface area contributed by atoms with E-state index in [-0.39, 0.29) is 44.6 Å². The van der Waals surface area contributed by atoms with Gasteiger partial charge in [-0.15, -0.1) is 0 Å². The number of rotatable bonds is 7. The molecule has 4 aliphatic rings. The average molecular weight is 1080 g/mol. The summed E-state index contributed by atoms with van der Waals surface area (Å²) in [6, 6.07) is 65.5. The van der Waals surface area contributed by atoms with Crippen LogP contribution in [-0.2, 0) is 37.9 Å². The van der Waals surface area contributed by atoms with Crippen LogP contribution in [0.2, 0.25) is 0 Å². The van der Waals surface area contributed by atoms with Crippen molar-refractivity contribution in [3.8, 4) is 0 Å². The van der Waals surface area contributed by atoms with Gasteiger partial charge in [-0.05, 0) is 192 Å².